The summed E-state index contributed by atoms with van der Waals surface area (Å²) in [4.78, 5) is 12.0. The molecular weight excluding hydrogens is 270 g/mol. The summed E-state index contributed by atoms with van der Waals surface area (Å²) in [6.45, 7) is 4.46. The van der Waals surface area contributed by atoms with E-state index in [0.717, 1.165) is 18.8 Å². The standard InChI is InChI=1S/C20H39NO/c1-3-4-5-6-7-8-9-10-14-17-20(22)21-18(2)19-15-12-11-13-16-19/h18-19H,3-17H2,1-2H3,(H,21,22)/t18-/m1/s1. The summed E-state index contributed by atoms with van der Waals surface area (Å²) in [5, 5.41) is 3.24. The molecule has 2 heteroatoms. The molecule has 0 aromatic rings. The maximum Gasteiger partial charge on any atom is 0.220 e. The molecule has 0 saturated heterocycles. The minimum Gasteiger partial charge on any atom is -0.353 e. The largest absolute Gasteiger partial charge is 0.353 e. The predicted molar refractivity (Wildman–Crippen MR) is 96.0 cm³/mol. The average molecular weight is 310 g/mol. The van der Waals surface area contributed by atoms with Gasteiger partial charge in [0.05, 0.1) is 0 Å². The number of rotatable bonds is 12. The van der Waals surface area contributed by atoms with Crippen molar-refractivity contribution in [3.8, 4) is 0 Å². The zero-order valence-electron chi connectivity index (χ0n) is 15.2. The van der Waals surface area contributed by atoms with Crippen LogP contribution in [0.15, 0.2) is 0 Å². The molecule has 1 saturated carbocycles. The van der Waals surface area contributed by atoms with Gasteiger partial charge in [0.1, 0.15) is 0 Å². The van der Waals surface area contributed by atoms with E-state index >= 15 is 0 Å². The van der Waals surface area contributed by atoms with Crippen LogP contribution in [-0.4, -0.2) is 11.9 Å². The molecule has 0 aromatic carbocycles. The van der Waals surface area contributed by atoms with Crippen LogP contribution in [0.4, 0.5) is 0 Å². The highest BCUT2D eigenvalue weighted by molar-refractivity contribution is 5.76. The average Bonchev–Trinajstić information content (AvgIpc) is 2.54. The van der Waals surface area contributed by atoms with Crippen LogP contribution in [0.2, 0.25) is 0 Å². The van der Waals surface area contributed by atoms with Gasteiger partial charge in [0, 0.05) is 12.5 Å². The van der Waals surface area contributed by atoms with Crippen LogP contribution < -0.4 is 5.32 Å². The lowest BCUT2D eigenvalue weighted by Crippen LogP contribution is -2.38. The highest BCUT2D eigenvalue weighted by Gasteiger charge is 2.20. The number of carbonyl (C=O) groups excluding carboxylic acids is 1. The van der Waals surface area contributed by atoms with E-state index in [4.69, 9.17) is 0 Å². The monoisotopic (exact) mass is 309 g/mol. The Morgan fingerprint density at radius 2 is 1.45 bits per heavy atom. The van der Waals surface area contributed by atoms with Crippen LogP contribution in [0, 0.1) is 5.92 Å². The molecule has 0 radical (unpaired) electrons. The molecule has 1 aliphatic rings. The summed E-state index contributed by atoms with van der Waals surface area (Å²) in [5.74, 6) is 1.00. The normalized spacial score (nSPS) is 17.4. The maximum atomic E-state index is 12.0. The fraction of sp³-hybridized carbons (Fsp3) is 0.950. The van der Waals surface area contributed by atoms with Gasteiger partial charge in [-0.25, -0.2) is 0 Å². The van der Waals surface area contributed by atoms with E-state index in [1.165, 1.54) is 83.5 Å². The fourth-order valence-electron chi connectivity index (χ4n) is 3.67. The quantitative estimate of drug-likeness (QED) is 0.441. The summed E-state index contributed by atoms with van der Waals surface area (Å²) in [5.41, 5.74) is 0. The Labute approximate surface area is 138 Å². The van der Waals surface area contributed by atoms with Crippen molar-refractivity contribution < 1.29 is 4.79 Å². The summed E-state index contributed by atoms with van der Waals surface area (Å²) in [6, 6.07) is 0.381. The number of unbranched alkanes of at least 4 members (excludes halogenated alkanes) is 8. The Morgan fingerprint density at radius 1 is 0.909 bits per heavy atom. The molecule has 1 rings (SSSR count). The molecule has 1 amide bonds. The Morgan fingerprint density at radius 3 is 2.05 bits per heavy atom. The second-order valence-corrected chi connectivity index (χ2v) is 7.33. The van der Waals surface area contributed by atoms with Gasteiger partial charge in [0.25, 0.3) is 0 Å². The minimum absolute atomic E-state index is 0.279. The van der Waals surface area contributed by atoms with Crippen molar-refractivity contribution in [2.75, 3.05) is 0 Å². The SMILES string of the molecule is CCCCCCCCCCCC(=O)N[C@H](C)C1CCCCC1. The van der Waals surface area contributed by atoms with Crippen LogP contribution in [0.1, 0.15) is 110 Å². The van der Waals surface area contributed by atoms with Crippen molar-refractivity contribution in [2.45, 2.75) is 116 Å². The number of hydrogen-bond acceptors (Lipinski definition) is 1. The molecule has 22 heavy (non-hydrogen) atoms. The van der Waals surface area contributed by atoms with Gasteiger partial charge in [0.2, 0.25) is 5.91 Å². The molecule has 130 valence electrons. The van der Waals surface area contributed by atoms with Crippen molar-refractivity contribution in [3.05, 3.63) is 0 Å². The third-order valence-corrected chi connectivity index (χ3v) is 5.25. The topological polar surface area (TPSA) is 29.1 Å². The Hall–Kier alpha value is -0.530. The van der Waals surface area contributed by atoms with E-state index in [2.05, 4.69) is 19.2 Å². The van der Waals surface area contributed by atoms with Crippen LogP contribution in [0.25, 0.3) is 0 Å². The van der Waals surface area contributed by atoms with E-state index in [1.54, 1.807) is 0 Å². The highest BCUT2D eigenvalue weighted by Crippen LogP contribution is 2.26. The van der Waals surface area contributed by atoms with E-state index in [1.807, 2.05) is 0 Å². The van der Waals surface area contributed by atoms with E-state index < -0.39 is 0 Å². The van der Waals surface area contributed by atoms with Crippen LogP contribution in [-0.2, 0) is 4.79 Å². The highest BCUT2D eigenvalue weighted by atomic mass is 16.1. The predicted octanol–water partition coefficient (Wildman–Crippen LogP) is 5.99. The molecule has 0 spiro atoms. The van der Waals surface area contributed by atoms with Gasteiger partial charge in [-0.05, 0) is 32.1 Å². The molecule has 0 aromatic heterocycles. The molecular formula is C20H39NO. The summed E-state index contributed by atoms with van der Waals surface area (Å²) in [7, 11) is 0. The lowest BCUT2D eigenvalue weighted by atomic mass is 9.84. The van der Waals surface area contributed by atoms with Crippen molar-refractivity contribution in [3.63, 3.8) is 0 Å². The zero-order valence-corrected chi connectivity index (χ0v) is 15.2. The number of nitrogens with one attached hydrogen (secondary N) is 1. The van der Waals surface area contributed by atoms with Gasteiger partial charge in [-0.1, -0.05) is 77.6 Å². The van der Waals surface area contributed by atoms with E-state index in [9.17, 15) is 4.79 Å². The molecule has 2 nitrogen and oxygen atoms in total. The van der Waals surface area contributed by atoms with Crippen LogP contribution in [0.3, 0.4) is 0 Å². The van der Waals surface area contributed by atoms with Gasteiger partial charge >= 0.3 is 0 Å². The lowest BCUT2D eigenvalue weighted by Gasteiger charge is -2.28. The zero-order chi connectivity index (χ0) is 16.0. The van der Waals surface area contributed by atoms with Gasteiger partial charge in [-0.3, -0.25) is 4.79 Å². The molecule has 1 N–H and O–H groups in total. The van der Waals surface area contributed by atoms with Crippen LogP contribution >= 0.6 is 0 Å². The van der Waals surface area contributed by atoms with Crippen LogP contribution in [0.5, 0.6) is 0 Å². The number of carbonyl (C=O) groups is 1. The Bertz CT molecular complexity index is 271. The molecule has 1 atom stereocenters. The third-order valence-electron chi connectivity index (χ3n) is 5.25. The smallest absolute Gasteiger partial charge is 0.220 e. The van der Waals surface area contributed by atoms with Crippen molar-refractivity contribution in [2.24, 2.45) is 5.92 Å². The fourth-order valence-corrected chi connectivity index (χ4v) is 3.67. The summed E-state index contributed by atoms with van der Waals surface area (Å²) < 4.78 is 0. The Kier molecular flexibility index (Phi) is 11.5. The molecule has 1 fully saturated rings. The third kappa shape index (κ3) is 9.48. The summed E-state index contributed by atoms with van der Waals surface area (Å²) >= 11 is 0. The molecule has 1 aliphatic carbocycles. The van der Waals surface area contributed by atoms with E-state index in [-0.39, 0.29) is 5.91 Å². The number of amides is 1. The lowest BCUT2D eigenvalue weighted by molar-refractivity contribution is -0.122. The van der Waals surface area contributed by atoms with Crippen molar-refractivity contribution >= 4 is 5.91 Å². The minimum atomic E-state index is 0.279. The van der Waals surface area contributed by atoms with Gasteiger partial charge in [-0.15, -0.1) is 0 Å². The molecule has 0 heterocycles. The first-order valence-corrected chi connectivity index (χ1v) is 10.0. The first-order chi connectivity index (χ1) is 10.7. The Balaban J connectivity index is 1.92. The van der Waals surface area contributed by atoms with Crippen molar-refractivity contribution in [1.82, 2.24) is 5.32 Å². The second-order valence-electron chi connectivity index (χ2n) is 7.33. The maximum absolute atomic E-state index is 12.0. The van der Waals surface area contributed by atoms with Gasteiger partial charge in [-0.2, -0.15) is 0 Å². The van der Waals surface area contributed by atoms with Gasteiger partial charge < -0.3 is 5.32 Å². The number of hydrogen-bond donors (Lipinski definition) is 1. The molecule has 0 bridgehead atoms. The second kappa shape index (κ2) is 13.0. The molecule has 0 aliphatic heterocycles. The summed E-state index contributed by atoms with van der Waals surface area (Å²) in [6.07, 6.45) is 19.3. The first-order valence-electron chi connectivity index (χ1n) is 10.0. The van der Waals surface area contributed by atoms with Crippen molar-refractivity contribution in [1.29, 1.82) is 0 Å². The molecule has 0 unspecified atom stereocenters. The van der Waals surface area contributed by atoms with E-state index in [0.29, 0.717) is 6.04 Å². The first kappa shape index (κ1) is 19.5. The van der Waals surface area contributed by atoms with Gasteiger partial charge in [0.15, 0.2) is 0 Å².